The molecule has 2 aromatic carbocycles. The molecule has 0 spiro atoms. The minimum Gasteiger partial charge on any atom is -0.462 e. The van der Waals surface area contributed by atoms with Gasteiger partial charge in [0, 0.05) is 50.2 Å². The summed E-state index contributed by atoms with van der Waals surface area (Å²) in [5.41, 5.74) is 3.29. The van der Waals surface area contributed by atoms with Crippen molar-refractivity contribution in [3.05, 3.63) is 65.7 Å². The summed E-state index contributed by atoms with van der Waals surface area (Å²) in [6, 6.07) is 17.0. The fourth-order valence-electron chi connectivity index (χ4n) is 5.02. The van der Waals surface area contributed by atoms with Crippen molar-refractivity contribution in [1.82, 2.24) is 9.88 Å². The van der Waals surface area contributed by atoms with E-state index < -0.39 is 5.97 Å². The van der Waals surface area contributed by atoms with Crippen LogP contribution in [-0.2, 0) is 14.3 Å². The van der Waals surface area contributed by atoms with Gasteiger partial charge in [0.25, 0.3) is 0 Å². The molecule has 186 valence electrons. The highest BCUT2D eigenvalue weighted by molar-refractivity contribution is 6.00. The zero-order chi connectivity index (χ0) is 25.2. The molecule has 2 aliphatic rings. The van der Waals surface area contributed by atoms with Crippen LogP contribution >= 0.6 is 0 Å². The monoisotopic (exact) mass is 486 g/mol. The number of pyridine rings is 1. The van der Waals surface area contributed by atoms with Crippen molar-refractivity contribution in [2.24, 2.45) is 5.92 Å². The summed E-state index contributed by atoms with van der Waals surface area (Å²) in [5, 5.41) is 1.15. The number of para-hydroxylation sites is 1. The fourth-order valence-corrected chi connectivity index (χ4v) is 5.02. The average molecular weight is 487 g/mol. The van der Waals surface area contributed by atoms with Crippen LogP contribution in [0.5, 0.6) is 0 Å². The molecule has 2 fully saturated rings. The van der Waals surface area contributed by atoms with Gasteiger partial charge in [-0.15, -0.1) is 0 Å². The maximum atomic E-state index is 13.3. The number of benzene rings is 2. The van der Waals surface area contributed by atoms with Gasteiger partial charge in [0.15, 0.2) is 0 Å². The Morgan fingerprint density at radius 3 is 2.47 bits per heavy atom. The normalized spacial score (nSPS) is 18.1. The smallest absolute Gasteiger partial charge is 0.338 e. The number of fused-ring (bicyclic) bond motifs is 1. The van der Waals surface area contributed by atoms with Gasteiger partial charge >= 0.3 is 5.97 Å². The summed E-state index contributed by atoms with van der Waals surface area (Å²) in [5.74, 6) is 0.127. The number of aryl methyl sites for hydroxylation is 1. The molecular formula is C28H30N4O4. The summed E-state index contributed by atoms with van der Waals surface area (Å²) in [7, 11) is 0. The molecule has 3 heterocycles. The zero-order valence-corrected chi connectivity index (χ0v) is 20.6. The van der Waals surface area contributed by atoms with Gasteiger partial charge in [-0.05, 0) is 55.8 Å². The largest absolute Gasteiger partial charge is 0.462 e. The Hall–Kier alpha value is -3.94. The van der Waals surface area contributed by atoms with Gasteiger partial charge in [0.05, 0.1) is 23.6 Å². The number of ether oxygens (including phenoxy) is 1. The van der Waals surface area contributed by atoms with Gasteiger partial charge in [0.2, 0.25) is 11.8 Å². The lowest BCUT2D eigenvalue weighted by Gasteiger charge is -2.36. The molecule has 36 heavy (non-hydrogen) atoms. The van der Waals surface area contributed by atoms with Crippen LogP contribution in [0.4, 0.5) is 11.5 Å². The highest BCUT2D eigenvalue weighted by Gasteiger charge is 2.38. The summed E-state index contributed by atoms with van der Waals surface area (Å²) in [6.45, 7) is 7.13. The maximum absolute atomic E-state index is 13.3. The van der Waals surface area contributed by atoms with E-state index in [1.165, 1.54) is 5.56 Å². The SMILES string of the molecule is CCOC(=O)c1ccc(N2CC(C(=O)N3CCN(c4cc(C)c5ccccc5n4)CC3)CC2=O)cc1. The van der Waals surface area contributed by atoms with Crippen molar-refractivity contribution in [1.29, 1.82) is 0 Å². The fraction of sp³-hybridized carbons (Fsp3) is 0.357. The minimum atomic E-state index is -0.391. The summed E-state index contributed by atoms with van der Waals surface area (Å²) >= 11 is 0. The molecule has 2 amide bonds. The summed E-state index contributed by atoms with van der Waals surface area (Å²) in [4.78, 5) is 48.4. The Kier molecular flexibility index (Phi) is 6.59. The van der Waals surface area contributed by atoms with Crippen LogP contribution in [0.15, 0.2) is 54.6 Å². The molecule has 5 rings (SSSR count). The van der Waals surface area contributed by atoms with Gasteiger partial charge in [0.1, 0.15) is 5.82 Å². The van der Waals surface area contributed by atoms with E-state index >= 15 is 0 Å². The van der Waals surface area contributed by atoms with E-state index in [0.717, 1.165) is 16.7 Å². The molecule has 8 heteroatoms. The first-order valence-electron chi connectivity index (χ1n) is 12.4. The molecule has 0 saturated carbocycles. The quantitative estimate of drug-likeness (QED) is 0.514. The molecule has 8 nitrogen and oxygen atoms in total. The third kappa shape index (κ3) is 4.63. The van der Waals surface area contributed by atoms with Crippen LogP contribution < -0.4 is 9.80 Å². The van der Waals surface area contributed by atoms with E-state index in [2.05, 4.69) is 24.0 Å². The first-order valence-corrected chi connectivity index (χ1v) is 12.4. The number of rotatable bonds is 5. The van der Waals surface area contributed by atoms with E-state index in [9.17, 15) is 14.4 Å². The number of aromatic nitrogens is 1. The Bertz CT molecular complexity index is 1300. The number of carbonyl (C=O) groups excluding carboxylic acids is 3. The number of hydrogen-bond donors (Lipinski definition) is 0. The van der Waals surface area contributed by atoms with Crippen LogP contribution in [-0.4, -0.2) is 67.0 Å². The summed E-state index contributed by atoms with van der Waals surface area (Å²) in [6.07, 6.45) is 0.199. The van der Waals surface area contributed by atoms with Crippen LogP contribution in [0, 0.1) is 12.8 Å². The van der Waals surface area contributed by atoms with Crippen molar-refractivity contribution in [2.45, 2.75) is 20.3 Å². The molecule has 3 aromatic rings. The number of anilines is 2. The number of piperazine rings is 1. The lowest BCUT2D eigenvalue weighted by Crippen LogP contribution is -2.51. The van der Waals surface area contributed by atoms with Crippen molar-refractivity contribution in [2.75, 3.05) is 49.1 Å². The molecule has 0 bridgehead atoms. The molecule has 1 atom stereocenters. The molecule has 0 N–H and O–H groups in total. The lowest BCUT2D eigenvalue weighted by molar-refractivity contribution is -0.136. The molecule has 2 aliphatic heterocycles. The molecular weight excluding hydrogens is 456 g/mol. The van der Waals surface area contributed by atoms with Gasteiger partial charge < -0.3 is 19.4 Å². The van der Waals surface area contributed by atoms with Crippen molar-refractivity contribution in [3.8, 4) is 0 Å². The van der Waals surface area contributed by atoms with Gasteiger partial charge in [-0.1, -0.05) is 18.2 Å². The van der Waals surface area contributed by atoms with Gasteiger partial charge in [-0.2, -0.15) is 0 Å². The second kappa shape index (κ2) is 9.97. The highest BCUT2D eigenvalue weighted by atomic mass is 16.5. The Morgan fingerprint density at radius 1 is 1.03 bits per heavy atom. The molecule has 2 saturated heterocycles. The minimum absolute atomic E-state index is 0.0243. The Morgan fingerprint density at radius 2 is 1.75 bits per heavy atom. The van der Waals surface area contributed by atoms with E-state index in [1.54, 1.807) is 36.1 Å². The van der Waals surface area contributed by atoms with Crippen LogP contribution in [0.3, 0.4) is 0 Å². The standard InChI is InChI=1S/C28H30N4O4/c1-3-36-28(35)20-8-10-22(11-9-20)32-18-21(17-26(32)33)27(34)31-14-12-30(13-15-31)25-16-19(2)23-6-4-5-7-24(23)29-25/h4-11,16,21H,3,12-15,17-18H2,1-2H3. The number of carbonyl (C=O) groups is 3. The van der Waals surface area contributed by atoms with Crippen LogP contribution in [0.2, 0.25) is 0 Å². The van der Waals surface area contributed by atoms with Crippen LogP contribution in [0.25, 0.3) is 10.9 Å². The molecule has 0 radical (unpaired) electrons. The second-order valence-electron chi connectivity index (χ2n) is 9.30. The first-order chi connectivity index (χ1) is 17.4. The molecule has 1 aromatic heterocycles. The predicted octanol–water partition coefficient (Wildman–Crippen LogP) is 3.42. The number of hydrogen-bond acceptors (Lipinski definition) is 6. The van der Waals surface area contributed by atoms with E-state index in [0.29, 0.717) is 50.6 Å². The number of esters is 1. The van der Waals surface area contributed by atoms with Crippen molar-refractivity contribution < 1.29 is 19.1 Å². The maximum Gasteiger partial charge on any atom is 0.338 e. The van der Waals surface area contributed by atoms with Gasteiger partial charge in [-0.25, -0.2) is 9.78 Å². The number of nitrogens with zero attached hydrogens (tertiary/aromatic N) is 4. The third-order valence-corrected chi connectivity index (χ3v) is 6.99. The zero-order valence-electron chi connectivity index (χ0n) is 20.6. The van der Waals surface area contributed by atoms with E-state index in [-0.39, 0.29) is 24.2 Å². The topological polar surface area (TPSA) is 83.1 Å². The first kappa shape index (κ1) is 23.8. The Labute approximate surface area is 210 Å². The highest BCUT2D eigenvalue weighted by Crippen LogP contribution is 2.28. The average Bonchev–Trinajstić information content (AvgIpc) is 3.30. The predicted molar refractivity (Wildman–Crippen MR) is 138 cm³/mol. The molecule has 1 unspecified atom stereocenters. The lowest BCUT2D eigenvalue weighted by atomic mass is 10.1. The van der Waals surface area contributed by atoms with E-state index in [1.807, 2.05) is 23.1 Å². The third-order valence-electron chi connectivity index (χ3n) is 6.99. The van der Waals surface area contributed by atoms with Gasteiger partial charge in [-0.3, -0.25) is 9.59 Å². The van der Waals surface area contributed by atoms with Crippen molar-refractivity contribution >= 4 is 40.2 Å². The summed E-state index contributed by atoms with van der Waals surface area (Å²) < 4.78 is 5.01. The number of amides is 2. The van der Waals surface area contributed by atoms with Crippen LogP contribution in [0.1, 0.15) is 29.3 Å². The Balaban J connectivity index is 1.20. The molecule has 0 aliphatic carbocycles. The van der Waals surface area contributed by atoms with E-state index in [4.69, 9.17) is 9.72 Å². The van der Waals surface area contributed by atoms with Crippen molar-refractivity contribution in [3.63, 3.8) is 0 Å². The second-order valence-corrected chi connectivity index (χ2v) is 9.30.